The van der Waals surface area contributed by atoms with Crippen molar-refractivity contribution >= 4 is 17.9 Å². The third kappa shape index (κ3) is 11.9. The van der Waals surface area contributed by atoms with Gasteiger partial charge in [0.1, 0.15) is 17.7 Å². The number of nitrogens with one attached hydrogen (secondary N) is 2. The third-order valence-corrected chi connectivity index (χ3v) is 7.20. The Bertz CT molecular complexity index is 1140. The lowest BCUT2D eigenvalue weighted by atomic mass is 9.96. The average molecular weight is 580 g/mol. The maximum absolute atomic E-state index is 14.4. The van der Waals surface area contributed by atoms with E-state index in [0.29, 0.717) is 19.5 Å². The summed E-state index contributed by atoms with van der Waals surface area (Å²) < 4.78 is 5.51. The Balaban J connectivity index is 2.50. The van der Waals surface area contributed by atoms with Crippen LogP contribution in [0.5, 0.6) is 0 Å². The number of rotatable bonds is 15. The Hall–Kier alpha value is -3.35. The van der Waals surface area contributed by atoms with Gasteiger partial charge in [0.2, 0.25) is 11.8 Å². The van der Waals surface area contributed by atoms with Crippen molar-refractivity contribution in [2.24, 2.45) is 5.92 Å². The number of amides is 3. The maximum Gasteiger partial charge on any atom is 0.408 e. The van der Waals surface area contributed by atoms with E-state index in [0.717, 1.165) is 54.4 Å². The quantitative estimate of drug-likeness (QED) is 0.215. The Labute approximate surface area is 253 Å². The second-order valence-corrected chi connectivity index (χ2v) is 12.7. The van der Waals surface area contributed by atoms with Crippen LogP contribution in [-0.2, 0) is 20.9 Å². The van der Waals surface area contributed by atoms with Gasteiger partial charge in [-0.05, 0) is 75.6 Å². The van der Waals surface area contributed by atoms with E-state index in [1.54, 1.807) is 25.7 Å². The largest absolute Gasteiger partial charge is 0.444 e. The molecule has 42 heavy (non-hydrogen) atoms. The number of hydrogen-bond acceptors (Lipinski definition) is 4. The molecular weight excluding hydrogens is 526 g/mol. The van der Waals surface area contributed by atoms with Crippen molar-refractivity contribution in [1.82, 2.24) is 15.5 Å². The van der Waals surface area contributed by atoms with Gasteiger partial charge in [0.05, 0.1) is 0 Å². The van der Waals surface area contributed by atoms with Crippen LogP contribution in [0.4, 0.5) is 4.79 Å². The van der Waals surface area contributed by atoms with Crippen LogP contribution in [0.3, 0.4) is 0 Å². The highest BCUT2D eigenvalue weighted by atomic mass is 16.6. The monoisotopic (exact) mass is 579 g/mol. The predicted octanol–water partition coefficient (Wildman–Crippen LogP) is 7.40. The van der Waals surface area contributed by atoms with Gasteiger partial charge in [0.25, 0.3) is 0 Å². The summed E-state index contributed by atoms with van der Waals surface area (Å²) in [6, 6.07) is 14.0. The normalized spacial score (nSPS) is 12.9. The molecule has 0 aromatic heterocycles. The topological polar surface area (TPSA) is 87.7 Å². The minimum Gasteiger partial charge on any atom is -0.444 e. The van der Waals surface area contributed by atoms with Gasteiger partial charge < -0.3 is 20.3 Å². The summed E-state index contributed by atoms with van der Waals surface area (Å²) in [6.07, 6.45) is 4.82. The molecule has 7 heteroatoms. The van der Waals surface area contributed by atoms with Crippen LogP contribution >= 0.6 is 0 Å². The van der Waals surface area contributed by atoms with E-state index in [2.05, 4.69) is 17.6 Å². The highest BCUT2D eigenvalue weighted by molar-refractivity contribution is 5.92. The summed E-state index contributed by atoms with van der Waals surface area (Å²) in [4.78, 5) is 43.0. The molecule has 3 amide bonds. The highest BCUT2D eigenvalue weighted by Gasteiger charge is 2.36. The minimum atomic E-state index is -0.846. The molecule has 2 N–H and O–H groups in total. The SMILES string of the molecule is CCCCCCCN(C(=O)C(CC(C)C)NC(=O)OC(C)(C)C)C(C(=O)NCc1ccccc1)c1ccc(C)c(C)c1. The zero-order valence-electron chi connectivity index (χ0n) is 27.1. The number of carbonyl (C=O) groups is 3. The zero-order chi connectivity index (χ0) is 31.3. The summed E-state index contributed by atoms with van der Waals surface area (Å²) in [7, 11) is 0. The molecule has 2 rings (SSSR count). The van der Waals surface area contributed by atoms with Crippen LogP contribution in [0.15, 0.2) is 48.5 Å². The smallest absolute Gasteiger partial charge is 0.408 e. The molecular formula is C35H53N3O4. The summed E-state index contributed by atoms with van der Waals surface area (Å²) in [5, 5.41) is 5.92. The molecule has 0 saturated carbocycles. The van der Waals surface area contributed by atoms with Gasteiger partial charge in [-0.2, -0.15) is 0 Å². The third-order valence-electron chi connectivity index (χ3n) is 7.20. The van der Waals surface area contributed by atoms with Crippen molar-refractivity contribution < 1.29 is 19.1 Å². The molecule has 2 aromatic carbocycles. The van der Waals surface area contributed by atoms with E-state index in [9.17, 15) is 14.4 Å². The number of aryl methyl sites for hydroxylation is 2. The Kier molecular flexibility index (Phi) is 14.1. The molecule has 0 bridgehead atoms. The zero-order valence-corrected chi connectivity index (χ0v) is 27.1. The van der Waals surface area contributed by atoms with Crippen LogP contribution in [0.1, 0.15) is 108 Å². The van der Waals surface area contributed by atoms with E-state index in [1.807, 2.05) is 76.2 Å². The van der Waals surface area contributed by atoms with Crippen LogP contribution in [0.2, 0.25) is 0 Å². The number of ether oxygens (including phenoxy) is 1. The minimum absolute atomic E-state index is 0.132. The molecule has 2 unspecified atom stereocenters. The van der Waals surface area contributed by atoms with Crippen LogP contribution < -0.4 is 10.6 Å². The fraction of sp³-hybridized carbons (Fsp3) is 0.571. The number of nitrogens with zero attached hydrogens (tertiary/aromatic N) is 1. The number of hydrogen-bond donors (Lipinski definition) is 2. The molecule has 0 saturated heterocycles. The van der Waals surface area contributed by atoms with Crippen molar-refractivity contribution in [3.63, 3.8) is 0 Å². The van der Waals surface area contributed by atoms with Gasteiger partial charge in [0, 0.05) is 13.1 Å². The van der Waals surface area contributed by atoms with E-state index >= 15 is 0 Å². The summed E-state index contributed by atoms with van der Waals surface area (Å²) in [6.45, 7) is 16.4. The summed E-state index contributed by atoms with van der Waals surface area (Å²) in [5.41, 5.74) is 3.20. The van der Waals surface area contributed by atoms with Gasteiger partial charge in [0.15, 0.2) is 0 Å². The molecule has 2 aromatic rings. The van der Waals surface area contributed by atoms with Gasteiger partial charge in [-0.25, -0.2) is 4.79 Å². The van der Waals surface area contributed by atoms with E-state index < -0.39 is 23.8 Å². The molecule has 232 valence electrons. The Morgan fingerprint density at radius 1 is 0.905 bits per heavy atom. The number of carbonyl (C=O) groups excluding carboxylic acids is 3. The second kappa shape index (κ2) is 16.9. The first-order valence-corrected chi connectivity index (χ1v) is 15.5. The van der Waals surface area contributed by atoms with Crippen LogP contribution in [0, 0.1) is 19.8 Å². The first kappa shape index (κ1) is 34.8. The Morgan fingerprint density at radius 2 is 1.57 bits per heavy atom. The average Bonchev–Trinajstić information content (AvgIpc) is 2.91. The first-order valence-electron chi connectivity index (χ1n) is 15.5. The predicted molar refractivity (Wildman–Crippen MR) is 170 cm³/mol. The fourth-order valence-corrected chi connectivity index (χ4v) is 4.88. The molecule has 2 atom stereocenters. The standard InChI is InChI=1S/C35H53N3O4/c1-9-10-11-12-16-21-38(33(40)30(22-25(2)3)37-34(41)42-35(6,7)8)31(29-20-19-26(4)27(5)23-29)32(39)36-24-28-17-14-13-15-18-28/h13-15,17-20,23,25,30-31H,9-12,16,21-22,24H2,1-8H3,(H,36,39)(H,37,41). The van der Waals surface area contributed by atoms with Gasteiger partial charge in [-0.1, -0.05) is 95.0 Å². The first-order chi connectivity index (χ1) is 19.8. The molecule has 0 fully saturated rings. The van der Waals surface area contributed by atoms with Crippen molar-refractivity contribution in [1.29, 1.82) is 0 Å². The lowest BCUT2D eigenvalue weighted by molar-refractivity contribution is -0.143. The molecule has 0 aliphatic rings. The van der Waals surface area contributed by atoms with E-state index in [4.69, 9.17) is 4.74 Å². The maximum atomic E-state index is 14.4. The Morgan fingerprint density at radius 3 is 2.17 bits per heavy atom. The highest BCUT2D eigenvalue weighted by Crippen LogP contribution is 2.27. The number of benzene rings is 2. The van der Waals surface area contributed by atoms with Gasteiger partial charge in [-0.15, -0.1) is 0 Å². The number of alkyl carbamates (subject to hydrolysis) is 1. The molecule has 0 spiro atoms. The molecule has 7 nitrogen and oxygen atoms in total. The number of unbranched alkanes of at least 4 members (excludes halogenated alkanes) is 4. The lowest BCUT2D eigenvalue weighted by Crippen LogP contribution is -2.53. The van der Waals surface area contributed by atoms with Crippen molar-refractivity contribution in [3.8, 4) is 0 Å². The van der Waals surface area contributed by atoms with Crippen molar-refractivity contribution in [3.05, 3.63) is 70.8 Å². The van der Waals surface area contributed by atoms with Crippen LogP contribution in [-0.4, -0.2) is 41.0 Å². The van der Waals surface area contributed by atoms with Gasteiger partial charge >= 0.3 is 6.09 Å². The van der Waals surface area contributed by atoms with E-state index in [1.165, 1.54) is 0 Å². The van der Waals surface area contributed by atoms with Gasteiger partial charge in [-0.3, -0.25) is 9.59 Å². The lowest BCUT2D eigenvalue weighted by Gasteiger charge is -2.35. The molecule has 0 aliphatic carbocycles. The summed E-state index contributed by atoms with van der Waals surface area (Å²) in [5.74, 6) is -0.389. The van der Waals surface area contributed by atoms with E-state index in [-0.39, 0.29) is 17.7 Å². The molecule has 0 aliphatic heterocycles. The second-order valence-electron chi connectivity index (χ2n) is 12.7. The molecule has 0 radical (unpaired) electrons. The van der Waals surface area contributed by atoms with Crippen LogP contribution in [0.25, 0.3) is 0 Å². The summed E-state index contributed by atoms with van der Waals surface area (Å²) >= 11 is 0. The molecule has 0 heterocycles. The fourth-order valence-electron chi connectivity index (χ4n) is 4.88. The van der Waals surface area contributed by atoms with Crippen molar-refractivity contribution in [2.75, 3.05) is 6.54 Å². The van der Waals surface area contributed by atoms with Crippen molar-refractivity contribution in [2.45, 2.75) is 118 Å².